The number of nitrogens with one attached hydrogen (secondary N) is 1. The molecule has 1 aromatic heterocycles. The number of rotatable bonds is 7. The highest BCUT2D eigenvalue weighted by Crippen LogP contribution is 2.47. The number of aliphatic carboxylic acids is 1. The summed E-state index contributed by atoms with van der Waals surface area (Å²) in [6, 6.07) is 29.4. The minimum atomic E-state index is -5.19. The average molecular weight is 711 g/mol. The second kappa shape index (κ2) is 14.9. The molecule has 6 rings (SSSR count). The van der Waals surface area contributed by atoms with Crippen molar-refractivity contribution in [2.75, 3.05) is 9.80 Å². The van der Waals surface area contributed by atoms with Gasteiger partial charge in [-0.05, 0) is 53.6 Å². The van der Waals surface area contributed by atoms with E-state index >= 15 is 0 Å². The minimum Gasteiger partial charge on any atom is -0.542 e. The zero-order valence-electron chi connectivity index (χ0n) is 25.7. The van der Waals surface area contributed by atoms with Crippen molar-refractivity contribution < 1.29 is 36.9 Å². The molecule has 0 radical (unpaired) electrons. The van der Waals surface area contributed by atoms with Crippen molar-refractivity contribution in [3.05, 3.63) is 142 Å². The van der Waals surface area contributed by atoms with E-state index in [0.717, 1.165) is 45.3 Å². The van der Waals surface area contributed by atoms with Gasteiger partial charge in [0.1, 0.15) is 18.8 Å². The number of hydrogen-bond acceptors (Lipinski definition) is 7. The van der Waals surface area contributed by atoms with Gasteiger partial charge in [-0.1, -0.05) is 77.8 Å². The van der Waals surface area contributed by atoms with Crippen molar-refractivity contribution in [3.8, 4) is 0 Å². The summed E-state index contributed by atoms with van der Waals surface area (Å²) in [5.74, 6) is 3.63. The maximum atomic E-state index is 12.0. The number of halogens is 5. The van der Waals surface area contributed by atoms with Gasteiger partial charge in [0.25, 0.3) is 11.4 Å². The van der Waals surface area contributed by atoms with Crippen LogP contribution in [0, 0.1) is 0 Å². The quantitative estimate of drug-likeness (QED) is 0.0915. The van der Waals surface area contributed by atoms with Gasteiger partial charge in [-0.15, -0.1) is 0 Å². The standard InChI is InChI=1S/C33H27Cl2N5O2.C2HF3O2/c1-38-27-10-5-6-11-30(27)42-32(38)13-7-12-31-39(20-22-8-3-2-4-9-22)28-18-25(34)26(35)19-29(28)40(31)21-23-14-16-24(17-15-23)33(41)37-36;3-2(4,5)1(6)7/h2-19H,20-21,36H2,1H3;(H,6,7). The van der Waals surface area contributed by atoms with Crippen LogP contribution in [0.4, 0.5) is 24.5 Å². The number of carboxylic acid groups (broad SMARTS) is 1. The number of nitrogen functional groups attached to an aromatic ring is 1. The summed E-state index contributed by atoms with van der Waals surface area (Å²) in [5.41, 5.74) is 8.52. The summed E-state index contributed by atoms with van der Waals surface area (Å²) in [7, 11) is 1.98. The van der Waals surface area contributed by atoms with Gasteiger partial charge < -0.3 is 24.1 Å². The van der Waals surface area contributed by atoms with Gasteiger partial charge in [-0.25, -0.2) is 5.84 Å². The number of nitrogens with two attached hydrogens (primary N) is 1. The number of hydrogen-bond donors (Lipinski definition) is 2. The average Bonchev–Trinajstić information content (AvgIpc) is 3.54. The van der Waals surface area contributed by atoms with Crippen LogP contribution < -0.4 is 30.7 Å². The fourth-order valence-corrected chi connectivity index (χ4v) is 5.46. The number of aryl methyl sites for hydroxylation is 1. The van der Waals surface area contributed by atoms with Crippen molar-refractivity contribution >= 4 is 63.6 Å². The molecule has 0 unspecified atom stereocenters. The summed E-state index contributed by atoms with van der Waals surface area (Å²) in [4.78, 5) is 25.2. The molecule has 0 atom stereocenters. The maximum absolute atomic E-state index is 12.0. The van der Waals surface area contributed by atoms with Gasteiger partial charge in [-0.3, -0.25) is 10.2 Å². The van der Waals surface area contributed by atoms with Crippen LogP contribution in [0.3, 0.4) is 0 Å². The fraction of sp³-hybridized carbons (Fsp3) is 0.114. The second-order valence-corrected chi connectivity index (χ2v) is 11.5. The van der Waals surface area contributed by atoms with Gasteiger partial charge in [-0.2, -0.15) is 17.7 Å². The molecule has 1 aliphatic heterocycles. The highest BCUT2D eigenvalue weighted by atomic mass is 35.5. The van der Waals surface area contributed by atoms with E-state index in [9.17, 15) is 18.0 Å². The topological polar surface area (TPSA) is 119 Å². The first-order chi connectivity index (χ1) is 23.4. The van der Waals surface area contributed by atoms with E-state index in [4.69, 9.17) is 43.4 Å². The molecule has 49 heavy (non-hydrogen) atoms. The number of allylic oxidation sites excluding steroid dienone is 2. The monoisotopic (exact) mass is 709 g/mol. The highest BCUT2D eigenvalue weighted by molar-refractivity contribution is 6.42. The molecule has 1 amide bonds. The van der Waals surface area contributed by atoms with Crippen LogP contribution in [0.15, 0.2) is 113 Å². The summed E-state index contributed by atoms with van der Waals surface area (Å²) in [6.07, 6.45) is 0.811. The van der Waals surface area contributed by atoms with E-state index in [1.807, 2.05) is 90.5 Å². The van der Waals surface area contributed by atoms with Crippen molar-refractivity contribution in [3.63, 3.8) is 0 Å². The molecule has 3 N–H and O–H groups in total. The zero-order chi connectivity index (χ0) is 35.3. The number of carbonyl (C=O) groups is 2. The van der Waals surface area contributed by atoms with Gasteiger partial charge in [0.15, 0.2) is 0 Å². The van der Waals surface area contributed by atoms with Crippen LogP contribution >= 0.6 is 23.2 Å². The molecule has 0 spiro atoms. The van der Waals surface area contributed by atoms with Crippen LogP contribution in [0.2, 0.25) is 10.0 Å². The Balaban J connectivity index is 0.000000606. The van der Waals surface area contributed by atoms with Crippen molar-refractivity contribution in [1.82, 2.24) is 5.43 Å². The third-order valence-electron chi connectivity index (χ3n) is 7.51. The number of aromatic nitrogens is 1. The Labute approximate surface area is 288 Å². The molecular weight excluding hydrogens is 682 g/mol. The first-order valence-electron chi connectivity index (χ1n) is 14.6. The van der Waals surface area contributed by atoms with Crippen LogP contribution in [-0.2, 0) is 24.9 Å². The summed E-state index contributed by atoms with van der Waals surface area (Å²) >= 11 is 13.1. The smallest absolute Gasteiger partial charge is 0.430 e. The molecule has 0 saturated carbocycles. The molecule has 0 aliphatic carbocycles. The molecule has 0 fully saturated rings. The number of hydrazine groups is 1. The van der Waals surface area contributed by atoms with Crippen molar-refractivity contribution in [2.24, 2.45) is 12.9 Å². The number of carboxylic acids is 1. The van der Waals surface area contributed by atoms with Gasteiger partial charge in [0, 0.05) is 24.7 Å². The second-order valence-electron chi connectivity index (χ2n) is 10.7. The van der Waals surface area contributed by atoms with Crippen LogP contribution in [0.25, 0.3) is 17.2 Å². The molecule has 0 bridgehead atoms. The molecule has 5 aromatic rings. The van der Waals surface area contributed by atoms with Crippen LogP contribution in [0.5, 0.6) is 0 Å². The van der Waals surface area contributed by atoms with E-state index in [1.165, 1.54) is 0 Å². The van der Waals surface area contributed by atoms with E-state index in [0.29, 0.717) is 28.7 Å². The Kier molecular flexibility index (Phi) is 10.6. The van der Waals surface area contributed by atoms with Crippen molar-refractivity contribution in [1.29, 1.82) is 0 Å². The van der Waals surface area contributed by atoms with Gasteiger partial charge >= 0.3 is 12.1 Å². The predicted octanol–water partition coefficient (Wildman–Crippen LogP) is 6.05. The molecule has 1 aliphatic rings. The Morgan fingerprint density at radius 1 is 0.898 bits per heavy atom. The molecular formula is C35H28Cl2F3N5O4. The number of nitrogens with zero attached hydrogens (tertiary/aromatic N) is 3. The molecule has 4 aromatic carbocycles. The fourth-order valence-electron chi connectivity index (χ4n) is 5.14. The van der Waals surface area contributed by atoms with Crippen LogP contribution in [0.1, 0.15) is 27.4 Å². The maximum Gasteiger partial charge on any atom is 0.430 e. The number of anilines is 2. The Morgan fingerprint density at radius 2 is 1.43 bits per heavy atom. The van der Waals surface area contributed by atoms with Crippen LogP contribution in [-0.4, -0.2) is 18.1 Å². The lowest BCUT2D eigenvalue weighted by molar-refractivity contribution is -0.652. The van der Waals surface area contributed by atoms with E-state index in [1.54, 1.807) is 12.1 Å². The molecule has 9 nitrogen and oxygen atoms in total. The predicted molar refractivity (Wildman–Crippen MR) is 179 cm³/mol. The van der Waals surface area contributed by atoms with Gasteiger partial charge in [0.2, 0.25) is 5.58 Å². The Hall–Kier alpha value is -5.30. The van der Waals surface area contributed by atoms with Crippen molar-refractivity contribution in [2.45, 2.75) is 19.3 Å². The first-order valence-corrected chi connectivity index (χ1v) is 15.3. The van der Waals surface area contributed by atoms with E-state index in [-0.39, 0.29) is 5.91 Å². The third kappa shape index (κ3) is 8.06. The minimum absolute atomic E-state index is 0.340. The molecule has 0 saturated heterocycles. The summed E-state index contributed by atoms with van der Waals surface area (Å²) < 4.78 is 39.7. The number of carbonyl (C=O) groups excluding carboxylic acids is 2. The lowest BCUT2D eigenvalue weighted by atomic mass is 10.1. The molecule has 14 heteroatoms. The first kappa shape index (κ1) is 35.0. The summed E-state index contributed by atoms with van der Waals surface area (Å²) in [5, 5.41) is 9.74. The Morgan fingerprint density at radius 3 is 1.96 bits per heavy atom. The highest BCUT2D eigenvalue weighted by Gasteiger charge is 2.32. The number of benzene rings is 4. The number of oxazole rings is 1. The normalized spacial score (nSPS) is 13.5. The SMILES string of the molecule is C[n+]1c(C=CC=C2N(Cc3ccccc3)c3cc(Cl)c(Cl)cc3N2Cc2ccc(C(=O)NN)cc2)oc2ccccc21.O=C([O-])C(F)(F)F. The number of fused-ring (bicyclic) bond motifs is 2. The van der Waals surface area contributed by atoms with Gasteiger partial charge in [0.05, 0.1) is 27.5 Å². The summed E-state index contributed by atoms with van der Waals surface area (Å²) in [6.45, 7) is 1.15. The lowest BCUT2D eigenvalue weighted by Crippen LogP contribution is -2.37. The van der Waals surface area contributed by atoms with E-state index < -0.39 is 12.1 Å². The molecule has 2 heterocycles. The number of amides is 1. The third-order valence-corrected chi connectivity index (χ3v) is 8.23. The van der Waals surface area contributed by atoms with E-state index in [2.05, 4.69) is 33.4 Å². The Bertz CT molecular complexity index is 2050. The number of alkyl halides is 3. The lowest BCUT2D eigenvalue weighted by Gasteiger charge is -2.25. The largest absolute Gasteiger partial charge is 0.542 e. The number of para-hydroxylation sites is 2. The molecule has 252 valence electrons. The zero-order valence-corrected chi connectivity index (χ0v) is 27.3.